The first kappa shape index (κ1) is 12.9. The van der Waals surface area contributed by atoms with Gasteiger partial charge in [-0.15, -0.1) is 10.2 Å². The molecule has 1 fully saturated rings. The van der Waals surface area contributed by atoms with Crippen molar-refractivity contribution in [2.24, 2.45) is 7.05 Å². The maximum atomic E-state index is 5.72. The van der Waals surface area contributed by atoms with Gasteiger partial charge in [0.15, 0.2) is 5.82 Å². The van der Waals surface area contributed by atoms with Crippen LogP contribution in [0.4, 0.5) is 5.95 Å². The molecule has 1 N–H and O–H groups in total. The van der Waals surface area contributed by atoms with E-state index >= 15 is 0 Å². The van der Waals surface area contributed by atoms with E-state index < -0.39 is 0 Å². The summed E-state index contributed by atoms with van der Waals surface area (Å²) >= 11 is 0. The fourth-order valence-corrected chi connectivity index (χ4v) is 2.28. The lowest BCUT2D eigenvalue weighted by molar-refractivity contribution is 0.291. The van der Waals surface area contributed by atoms with E-state index in [9.17, 15) is 0 Å². The minimum Gasteiger partial charge on any atom is -0.486 e. The van der Waals surface area contributed by atoms with Crippen molar-refractivity contribution in [3.05, 3.63) is 36.2 Å². The van der Waals surface area contributed by atoms with Crippen LogP contribution in [0.1, 0.15) is 5.82 Å². The highest BCUT2D eigenvalue weighted by Gasteiger charge is 2.17. The summed E-state index contributed by atoms with van der Waals surface area (Å²) in [7, 11) is 1.99. The Morgan fingerprint density at radius 2 is 1.90 bits per heavy atom. The van der Waals surface area contributed by atoms with Crippen LogP contribution in [0.2, 0.25) is 0 Å². The van der Waals surface area contributed by atoms with E-state index in [-0.39, 0.29) is 0 Å². The van der Waals surface area contributed by atoms with E-state index in [1.165, 1.54) is 0 Å². The van der Waals surface area contributed by atoms with Gasteiger partial charge in [-0.05, 0) is 12.1 Å². The Bertz CT molecular complexity index is 548. The Morgan fingerprint density at radius 1 is 1.15 bits per heavy atom. The monoisotopic (exact) mass is 273 g/mol. The molecule has 0 spiro atoms. The number of aromatic nitrogens is 3. The first-order valence-corrected chi connectivity index (χ1v) is 6.86. The van der Waals surface area contributed by atoms with E-state index in [4.69, 9.17) is 4.74 Å². The molecule has 1 saturated heterocycles. The Hall–Kier alpha value is -2.08. The van der Waals surface area contributed by atoms with Crippen molar-refractivity contribution >= 4 is 5.95 Å². The third-order valence-electron chi connectivity index (χ3n) is 3.45. The second-order valence-corrected chi connectivity index (χ2v) is 4.81. The second-order valence-electron chi connectivity index (χ2n) is 4.81. The normalized spacial score (nSPS) is 15.3. The average molecular weight is 273 g/mol. The van der Waals surface area contributed by atoms with Crippen LogP contribution in [0.15, 0.2) is 30.3 Å². The number of piperazine rings is 1. The van der Waals surface area contributed by atoms with Gasteiger partial charge in [-0.3, -0.25) is 4.57 Å². The van der Waals surface area contributed by atoms with E-state index in [1.807, 2.05) is 41.9 Å². The van der Waals surface area contributed by atoms with Gasteiger partial charge in [-0.25, -0.2) is 0 Å². The topological polar surface area (TPSA) is 55.2 Å². The van der Waals surface area contributed by atoms with Gasteiger partial charge < -0.3 is 15.0 Å². The molecule has 0 saturated carbocycles. The summed E-state index contributed by atoms with van der Waals surface area (Å²) < 4.78 is 7.73. The van der Waals surface area contributed by atoms with Crippen LogP contribution in [-0.2, 0) is 13.7 Å². The third-order valence-corrected chi connectivity index (χ3v) is 3.45. The fourth-order valence-electron chi connectivity index (χ4n) is 2.28. The minimum absolute atomic E-state index is 0.430. The van der Waals surface area contributed by atoms with Crippen molar-refractivity contribution in [1.29, 1.82) is 0 Å². The van der Waals surface area contributed by atoms with Crippen LogP contribution in [-0.4, -0.2) is 40.9 Å². The van der Waals surface area contributed by atoms with Gasteiger partial charge >= 0.3 is 0 Å². The van der Waals surface area contributed by atoms with Crippen molar-refractivity contribution in [2.45, 2.75) is 6.61 Å². The molecule has 0 bridgehead atoms. The molecular formula is C14H19N5O. The number of nitrogens with one attached hydrogen (secondary N) is 1. The Kier molecular flexibility index (Phi) is 3.83. The molecule has 0 amide bonds. The second kappa shape index (κ2) is 5.92. The molecule has 0 atom stereocenters. The number of para-hydroxylation sites is 1. The van der Waals surface area contributed by atoms with E-state index in [2.05, 4.69) is 20.4 Å². The lowest BCUT2D eigenvalue weighted by Crippen LogP contribution is -2.44. The first-order chi connectivity index (χ1) is 9.84. The quantitative estimate of drug-likeness (QED) is 0.893. The SMILES string of the molecule is Cn1c(COc2ccccc2)nnc1N1CCNCC1. The molecule has 0 aliphatic carbocycles. The molecule has 2 aromatic rings. The van der Waals surface area contributed by atoms with Crippen LogP contribution in [0.25, 0.3) is 0 Å². The number of hydrogen-bond donors (Lipinski definition) is 1. The Balaban J connectivity index is 1.67. The lowest BCUT2D eigenvalue weighted by Gasteiger charge is -2.27. The summed E-state index contributed by atoms with van der Waals surface area (Å²) in [5.41, 5.74) is 0. The van der Waals surface area contributed by atoms with Crippen molar-refractivity contribution < 1.29 is 4.74 Å². The fraction of sp³-hybridized carbons (Fsp3) is 0.429. The molecule has 0 unspecified atom stereocenters. The first-order valence-electron chi connectivity index (χ1n) is 6.86. The van der Waals surface area contributed by atoms with E-state index in [1.54, 1.807) is 0 Å². The average Bonchev–Trinajstić information content (AvgIpc) is 2.88. The number of nitrogens with zero attached hydrogens (tertiary/aromatic N) is 4. The summed E-state index contributed by atoms with van der Waals surface area (Å²) in [4.78, 5) is 2.25. The summed E-state index contributed by atoms with van der Waals surface area (Å²) in [6, 6.07) is 9.76. The molecule has 6 nitrogen and oxygen atoms in total. The molecule has 3 rings (SSSR count). The summed E-state index contributed by atoms with van der Waals surface area (Å²) in [5.74, 6) is 2.60. The summed E-state index contributed by atoms with van der Waals surface area (Å²) in [6.45, 7) is 4.34. The van der Waals surface area contributed by atoms with Gasteiger partial charge in [0, 0.05) is 33.2 Å². The number of hydrogen-bond acceptors (Lipinski definition) is 5. The standard InChI is InChI=1S/C14H19N5O/c1-18-13(11-20-12-5-3-2-4-6-12)16-17-14(18)19-9-7-15-8-10-19/h2-6,15H,7-11H2,1H3. The van der Waals surface area contributed by atoms with Gasteiger partial charge in [-0.2, -0.15) is 0 Å². The highest BCUT2D eigenvalue weighted by molar-refractivity contribution is 5.31. The summed E-state index contributed by atoms with van der Waals surface area (Å²) in [5, 5.41) is 11.8. The smallest absolute Gasteiger partial charge is 0.227 e. The van der Waals surface area contributed by atoms with Crippen LogP contribution < -0.4 is 15.0 Å². The maximum Gasteiger partial charge on any atom is 0.227 e. The largest absolute Gasteiger partial charge is 0.486 e. The number of benzene rings is 1. The maximum absolute atomic E-state index is 5.72. The minimum atomic E-state index is 0.430. The van der Waals surface area contributed by atoms with Gasteiger partial charge in [0.25, 0.3) is 0 Å². The molecule has 1 aliphatic heterocycles. The predicted molar refractivity (Wildman–Crippen MR) is 76.9 cm³/mol. The van der Waals surface area contributed by atoms with Crippen molar-refractivity contribution in [3.8, 4) is 5.75 Å². The third kappa shape index (κ3) is 2.75. The van der Waals surface area contributed by atoms with Crippen LogP contribution >= 0.6 is 0 Å². The zero-order chi connectivity index (χ0) is 13.8. The van der Waals surface area contributed by atoms with Gasteiger partial charge in [-0.1, -0.05) is 18.2 Å². The van der Waals surface area contributed by atoms with E-state index in [0.29, 0.717) is 6.61 Å². The van der Waals surface area contributed by atoms with Crippen LogP contribution in [0.5, 0.6) is 5.75 Å². The Morgan fingerprint density at radius 3 is 2.65 bits per heavy atom. The molecule has 2 heterocycles. The van der Waals surface area contributed by atoms with Gasteiger partial charge in [0.1, 0.15) is 12.4 Å². The molecule has 1 aliphatic rings. The predicted octanol–water partition coefficient (Wildman–Crippen LogP) is 0.804. The van der Waals surface area contributed by atoms with E-state index in [0.717, 1.165) is 43.7 Å². The number of rotatable bonds is 4. The Labute approximate surface area is 118 Å². The zero-order valence-corrected chi connectivity index (χ0v) is 11.6. The number of anilines is 1. The van der Waals surface area contributed by atoms with Gasteiger partial charge in [0.05, 0.1) is 0 Å². The zero-order valence-electron chi connectivity index (χ0n) is 11.6. The number of ether oxygens (including phenoxy) is 1. The lowest BCUT2D eigenvalue weighted by atomic mass is 10.3. The molecule has 6 heteroatoms. The molecule has 20 heavy (non-hydrogen) atoms. The molecular weight excluding hydrogens is 254 g/mol. The highest BCUT2D eigenvalue weighted by atomic mass is 16.5. The summed E-state index contributed by atoms with van der Waals surface area (Å²) in [6.07, 6.45) is 0. The van der Waals surface area contributed by atoms with Crippen molar-refractivity contribution in [1.82, 2.24) is 20.1 Å². The van der Waals surface area contributed by atoms with Crippen LogP contribution in [0, 0.1) is 0 Å². The molecule has 0 radical (unpaired) electrons. The van der Waals surface area contributed by atoms with Crippen molar-refractivity contribution in [2.75, 3.05) is 31.1 Å². The van der Waals surface area contributed by atoms with Crippen molar-refractivity contribution in [3.63, 3.8) is 0 Å². The highest BCUT2D eigenvalue weighted by Crippen LogP contribution is 2.15. The molecule has 1 aromatic carbocycles. The molecule has 106 valence electrons. The van der Waals surface area contributed by atoms with Gasteiger partial charge in [0.2, 0.25) is 5.95 Å². The molecule has 1 aromatic heterocycles. The van der Waals surface area contributed by atoms with Crippen LogP contribution in [0.3, 0.4) is 0 Å².